The Bertz CT molecular complexity index is 980. The van der Waals surface area contributed by atoms with Crippen LogP contribution in [0.3, 0.4) is 0 Å². The number of guanidine groups is 1. The number of nitrogens with two attached hydrogens (primary N) is 2. The maximum Gasteiger partial charge on any atom is 0.338 e. The molecule has 0 aromatic heterocycles. The first kappa shape index (κ1) is 31.2. The van der Waals surface area contributed by atoms with Crippen LogP contribution in [0.4, 0.5) is 0 Å². The van der Waals surface area contributed by atoms with Crippen LogP contribution in [0.5, 0.6) is 5.75 Å². The lowest BCUT2D eigenvalue weighted by molar-refractivity contribution is -0.459. The lowest BCUT2D eigenvalue weighted by atomic mass is 10.0. The fourth-order valence-corrected chi connectivity index (χ4v) is 3.57. The molecule has 0 unspecified atom stereocenters. The van der Waals surface area contributed by atoms with E-state index in [4.69, 9.17) is 20.9 Å². The Labute approximate surface area is 222 Å². The number of hydrogen-bond donors (Lipinski definition) is 6. The molecule has 13 heteroatoms. The second-order valence-corrected chi connectivity index (χ2v) is 8.29. The van der Waals surface area contributed by atoms with Gasteiger partial charge in [0.1, 0.15) is 30.5 Å². The molecule has 0 saturated heterocycles. The van der Waals surface area contributed by atoms with Crippen molar-refractivity contribution < 1.29 is 46.1 Å². The van der Waals surface area contributed by atoms with Gasteiger partial charge in [0.25, 0.3) is 0 Å². The molecule has 204 valence electrons. The van der Waals surface area contributed by atoms with E-state index >= 15 is 0 Å². The zero-order valence-electron chi connectivity index (χ0n) is 20.9. The number of nitrogens with one attached hydrogen (secondary N) is 4. The minimum Gasteiger partial charge on any atom is -1.00 e. The Morgan fingerprint density at radius 2 is 1.84 bits per heavy atom. The Balaban J connectivity index is 0.00000684. The van der Waals surface area contributed by atoms with E-state index in [1.54, 1.807) is 36.4 Å². The average Bonchev–Trinajstić information content (AvgIpc) is 2.84. The highest BCUT2D eigenvalue weighted by Gasteiger charge is 2.29. The third-order valence-corrected chi connectivity index (χ3v) is 5.38. The highest BCUT2D eigenvalue weighted by molar-refractivity contribution is 5.93. The van der Waals surface area contributed by atoms with Crippen molar-refractivity contribution in [2.75, 3.05) is 20.3 Å². The number of fused-ring (bicyclic) bond motifs is 13. The molecule has 2 bridgehead atoms. The zero-order chi connectivity index (χ0) is 26.5. The van der Waals surface area contributed by atoms with Crippen molar-refractivity contribution in [1.29, 1.82) is 0 Å². The van der Waals surface area contributed by atoms with E-state index < -0.39 is 41.8 Å². The van der Waals surface area contributed by atoms with Crippen molar-refractivity contribution in [2.24, 2.45) is 11.5 Å². The van der Waals surface area contributed by atoms with Gasteiger partial charge in [-0.05, 0) is 37.0 Å². The number of rotatable bonds is 6. The number of ether oxygens (including phenoxy) is 2. The topological polar surface area (TPSA) is 189 Å². The molecule has 2 aliphatic rings. The van der Waals surface area contributed by atoms with Crippen LogP contribution in [0.2, 0.25) is 0 Å². The maximum absolute atomic E-state index is 13.2. The molecular formula is C24H35ClN6O6. The van der Waals surface area contributed by atoms with E-state index in [-0.39, 0.29) is 44.2 Å². The number of esters is 1. The average molecular weight is 539 g/mol. The molecular weight excluding hydrogens is 504 g/mol. The summed E-state index contributed by atoms with van der Waals surface area (Å²) in [6.45, 7) is 1.93. The molecule has 3 atom stereocenters. The summed E-state index contributed by atoms with van der Waals surface area (Å²) in [5, 5.41) is 8.00. The van der Waals surface area contributed by atoms with Crippen molar-refractivity contribution in [3.8, 4) is 5.75 Å². The van der Waals surface area contributed by atoms with E-state index in [0.717, 1.165) is 5.56 Å². The molecule has 2 heterocycles. The lowest BCUT2D eigenvalue weighted by Gasteiger charge is -2.24. The summed E-state index contributed by atoms with van der Waals surface area (Å²) in [6, 6.07) is 4.25. The number of carbonyl (C=O) groups is 4. The van der Waals surface area contributed by atoms with E-state index in [9.17, 15) is 19.2 Å². The third-order valence-electron chi connectivity index (χ3n) is 5.38. The number of hydrogen-bond acceptors (Lipinski definition) is 6. The van der Waals surface area contributed by atoms with Crippen molar-refractivity contribution in [3.63, 3.8) is 0 Å². The van der Waals surface area contributed by atoms with Gasteiger partial charge in [0.2, 0.25) is 17.7 Å². The van der Waals surface area contributed by atoms with Crippen LogP contribution in [-0.2, 0) is 30.3 Å². The first-order valence-electron chi connectivity index (χ1n) is 11.6. The predicted octanol–water partition coefficient (Wildman–Crippen LogP) is -5.65. The highest BCUT2D eigenvalue weighted by atomic mass is 35.5. The Kier molecular flexibility index (Phi) is 13.5. The minimum atomic E-state index is -0.993. The molecule has 0 aliphatic carbocycles. The minimum absolute atomic E-state index is 0. The molecule has 1 aromatic carbocycles. The van der Waals surface area contributed by atoms with Gasteiger partial charge in [-0.15, -0.1) is 0 Å². The van der Waals surface area contributed by atoms with E-state index in [2.05, 4.69) is 20.9 Å². The summed E-state index contributed by atoms with van der Waals surface area (Å²) >= 11 is 0. The van der Waals surface area contributed by atoms with E-state index in [1.165, 1.54) is 14.0 Å². The summed E-state index contributed by atoms with van der Waals surface area (Å²) in [4.78, 5) is 53.2. The SMILES string of the molecule is COC(=O)[C@H]1CC=CCOc2ccc(cc2)C[C@H](NC(C)=O)C(=O)N[C@@H](CCC[NH+]=C(N)N)C(=O)N1.[Cl-]. The highest BCUT2D eigenvalue weighted by Crippen LogP contribution is 2.14. The van der Waals surface area contributed by atoms with Crippen molar-refractivity contribution in [1.82, 2.24) is 16.0 Å². The van der Waals surface area contributed by atoms with Gasteiger partial charge >= 0.3 is 11.9 Å². The molecule has 0 fully saturated rings. The first-order valence-corrected chi connectivity index (χ1v) is 11.6. The molecule has 3 rings (SSSR count). The number of benzene rings is 1. The van der Waals surface area contributed by atoms with Crippen LogP contribution in [0.15, 0.2) is 36.4 Å². The normalized spacial score (nSPS) is 20.2. The van der Waals surface area contributed by atoms with Gasteiger partial charge < -0.3 is 37.8 Å². The lowest BCUT2D eigenvalue weighted by Crippen LogP contribution is -3.00. The van der Waals surface area contributed by atoms with Gasteiger partial charge in [-0.3, -0.25) is 30.8 Å². The quantitative estimate of drug-likeness (QED) is 0.0679. The summed E-state index contributed by atoms with van der Waals surface area (Å²) in [6.07, 6.45) is 4.46. The standard InChI is InChI=1S/C24H34N6O6.ClH/c1-15(31)28-20-14-16-8-10-17(11-9-16)36-13-4-3-6-19(23(34)35-2)30-21(32)18(29-22(20)33)7-5-12-27-24(25)26;/h3-4,8-11,18-20H,5-7,12-14H2,1-2H3,(H,28,31)(H,29,33)(H,30,32)(H4,25,26,27);1H/t18-,19+,20-;/m0./s1. The van der Waals surface area contributed by atoms with Crippen LogP contribution >= 0.6 is 0 Å². The van der Waals surface area contributed by atoms with E-state index in [0.29, 0.717) is 18.7 Å². The van der Waals surface area contributed by atoms with Crippen LogP contribution < -0.4 is 49.6 Å². The first-order chi connectivity index (χ1) is 17.2. The molecule has 3 amide bonds. The van der Waals surface area contributed by atoms with Crippen molar-refractivity contribution in [3.05, 3.63) is 42.0 Å². The Morgan fingerprint density at radius 1 is 1.14 bits per heavy atom. The Hall–Kier alpha value is -3.80. The monoisotopic (exact) mass is 538 g/mol. The van der Waals surface area contributed by atoms with Crippen LogP contribution in [-0.4, -0.2) is 68.0 Å². The summed E-state index contributed by atoms with van der Waals surface area (Å²) in [7, 11) is 1.23. The van der Waals surface area contributed by atoms with Gasteiger partial charge in [0.05, 0.1) is 13.7 Å². The molecule has 0 saturated carbocycles. The van der Waals surface area contributed by atoms with Crippen molar-refractivity contribution >= 4 is 29.7 Å². The smallest absolute Gasteiger partial charge is 0.338 e. The molecule has 37 heavy (non-hydrogen) atoms. The van der Waals surface area contributed by atoms with Gasteiger partial charge in [0.15, 0.2) is 0 Å². The molecule has 12 nitrogen and oxygen atoms in total. The number of carbonyl (C=O) groups excluding carboxylic acids is 4. The summed E-state index contributed by atoms with van der Waals surface area (Å²) < 4.78 is 10.5. The van der Waals surface area contributed by atoms with Crippen LogP contribution in [0, 0.1) is 0 Å². The summed E-state index contributed by atoms with van der Waals surface area (Å²) in [5.74, 6) is -1.47. The molecule has 1 aromatic rings. The van der Waals surface area contributed by atoms with Crippen LogP contribution in [0.25, 0.3) is 0 Å². The van der Waals surface area contributed by atoms with E-state index in [1.807, 2.05) is 0 Å². The second kappa shape index (κ2) is 16.0. The molecule has 0 spiro atoms. The van der Waals surface area contributed by atoms with Crippen LogP contribution in [0.1, 0.15) is 31.7 Å². The number of halogens is 1. The summed E-state index contributed by atoms with van der Waals surface area (Å²) in [5.41, 5.74) is 11.6. The second-order valence-electron chi connectivity index (χ2n) is 8.29. The predicted molar refractivity (Wildman–Crippen MR) is 131 cm³/mol. The fourth-order valence-electron chi connectivity index (χ4n) is 3.57. The zero-order valence-corrected chi connectivity index (χ0v) is 21.7. The molecule has 2 aliphatic heterocycles. The van der Waals surface area contributed by atoms with Gasteiger partial charge in [0, 0.05) is 13.3 Å². The largest absolute Gasteiger partial charge is 1.00 e. The Morgan fingerprint density at radius 3 is 2.46 bits per heavy atom. The van der Waals surface area contributed by atoms with Gasteiger partial charge in [-0.25, -0.2) is 4.79 Å². The third kappa shape index (κ3) is 11.2. The molecule has 8 N–H and O–H groups in total. The van der Waals surface area contributed by atoms with Gasteiger partial charge in [-0.2, -0.15) is 0 Å². The fraction of sp³-hybridized carbons (Fsp3) is 0.458. The maximum atomic E-state index is 13.2. The number of amides is 3. The number of methoxy groups -OCH3 is 1. The molecule has 0 radical (unpaired) electrons. The van der Waals surface area contributed by atoms with Crippen molar-refractivity contribution in [2.45, 2.75) is 50.7 Å². The van der Waals surface area contributed by atoms with Gasteiger partial charge in [-0.1, -0.05) is 24.3 Å².